The summed E-state index contributed by atoms with van der Waals surface area (Å²) in [4.78, 5) is 18.0. The van der Waals surface area contributed by atoms with Crippen LogP contribution in [-0.4, -0.2) is 51.8 Å². The number of carbonyl (C=O) groups is 1. The summed E-state index contributed by atoms with van der Waals surface area (Å²) in [6.45, 7) is 5.63. The molecule has 1 unspecified atom stereocenters. The normalized spacial score (nSPS) is 21.1. The molecule has 0 radical (unpaired) electrons. The molecule has 1 aliphatic rings. The van der Waals surface area contributed by atoms with E-state index in [1.807, 2.05) is 6.92 Å². The lowest BCUT2D eigenvalue weighted by Crippen LogP contribution is -2.48. The number of aryl methyl sites for hydroxylation is 1. The maximum absolute atomic E-state index is 12.1. The number of rotatable bonds is 2. The minimum absolute atomic E-state index is 0.112. The molecule has 1 aromatic rings. The summed E-state index contributed by atoms with van der Waals surface area (Å²) in [5.41, 5.74) is 0. The van der Waals surface area contributed by atoms with Crippen molar-refractivity contribution in [2.24, 2.45) is 0 Å². The van der Waals surface area contributed by atoms with E-state index in [0.717, 1.165) is 6.42 Å². The summed E-state index contributed by atoms with van der Waals surface area (Å²) in [6.07, 6.45) is 0.884. The van der Waals surface area contributed by atoms with Gasteiger partial charge in [-0.05, 0) is 13.3 Å². The summed E-state index contributed by atoms with van der Waals surface area (Å²) < 4.78 is 5.35. The van der Waals surface area contributed by atoms with Gasteiger partial charge in [-0.3, -0.25) is 9.89 Å². The molecule has 0 bridgehead atoms. The molecule has 1 aliphatic heterocycles. The van der Waals surface area contributed by atoms with E-state index in [1.54, 1.807) is 11.8 Å². The van der Waals surface area contributed by atoms with Gasteiger partial charge in [0, 0.05) is 6.54 Å². The fourth-order valence-electron chi connectivity index (χ4n) is 1.83. The van der Waals surface area contributed by atoms with E-state index in [1.165, 1.54) is 0 Å². The second kappa shape index (κ2) is 4.61. The van der Waals surface area contributed by atoms with Crippen LogP contribution in [0.4, 0.5) is 0 Å². The van der Waals surface area contributed by atoms with Crippen LogP contribution < -0.4 is 0 Å². The maximum atomic E-state index is 12.1. The van der Waals surface area contributed by atoms with Crippen LogP contribution in [0.5, 0.6) is 0 Å². The highest BCUT2D eigenvalue weighted by atomic mass is 16.5. The van der Waals surface area contributed by atoms with Crippen LogP contribution in [0.2, 0.25) is 0 Å². The zero-order chi connectivity index (χ0) is 11.5. The number of nitrogens with zero attached hydrogens (tertiary/aromatic N) is 3. The first kappa shape index (κ1) is 11.1. The van der Waals surface area contributed by atoms with Gasteiger partial charge in [-0.25, -0.2) is 4.98 Å². The summed E-state index contributed by atoms with van der Waals surface area (Å²) in [7, 11) is 0. The molecule has 1 amide bonds. The number of ether oxygens (including phenoxy) is 1. The van der Waals surface area contributed by atoms with Crippen molar-refractivity contribution in [2.75, 3.05) is 19.8 Å². The first-order valence-corrected chi connectivity index (χ1v) is 5.50. The maximum Gasteiger partial charge on any atom is 0.293 e. The van der Waals surface area contributed by atoms with E-state index < -0.39 is 0 Å². The number of hydrogen-bond acceptors (Lipinski definition) is 4. The Kier molecular flexibility index (Phi) is 3.19. The molecule has 0 spiro atoms. The monoisotopic (exact) mass is 224 g/mol. The first-order chi connectivity index (χ1) is 7.72. The van der Waals surface area contributed by atoms with Gasteiger partial charge in [0.1, 0.15) is 5.82 Å². The molecule has 6 nitrogen and oxygen atoms in total. The zero-order valence-electron chi connectivity index (χ0n) is 9.56. The second-order valence-corrected chi connectivity index (χ2v) is 3.88. The van der Waals surface area contributed by atoms with Gasteiger partial charge in [-0.2, -0.15) is 0 Å². The summed E-state index contributed by atoms with van der Waals surface area (Å²) in [6, 6.07) is 0.139. The molecule has 1 atom stereocenters. The minimum atomic E-state index is -0.112. The summed E-state index contributed by atoms with van der Waals surface area (Å²) >= 11 is 0. The molecule has 0 aromatic carbocycles. The van der Waals surface area contributed by atoms with Crippen molar-refractivity contribution in [1.82, 2.24) is 20.1 Å². The Morgan fingerprint density at radius 2 is 2.50 bits per heavy atom. The Balaban J connectivity index is 2.13. The van der Waals surface area contributed by atoms with Gasteiger partial charge in [0.05, 0.1) is 19.3 Å². The van der Waals surface area contributed by atoms with E-state index >= 15 is 0 Å². The second-order valence-electron chi connectivity index (χ2n) is 3.88. The predicted octanol–water partition coefficient (Wildman–Crippen LogP) is 0.364. The van der Waals surface area contributed by atoms with Crippen LogP contribution in [0.15, 0.2) is 0 Å². The van der Waals surface area contributed by atoms with E-state index in [0.29, 0.717) is 25.6 Å². The zero-order valence-corrected chi connectivity index (χ0v) is 9.56. The van der Waals surface area contributed by atoms with Crippen LogP contribution in [-0.2, 0) is 4.74 Å². The van der Waals surface area contributed by atoms with Gasteiger partial charge >= 0.3 is 0 Å². The molecular weight excluding hydrogens is 208 g/mol. The van der Waals surface area contributed by atoms with Crippen molar-refractivity contribution in [3.05, 3.63) is 11.6 Å². The highest BCUT2D eigenvalue weighted by Crippen LogP contribution is 2.12. The van der Waals surface area contributed by atoms with Crippen molar-refractivity contribution in [3.8, 4) is 0 Å². The first-order valence-electron chi connectivity index (χ1n) is 5.50. The summed E-state index contributed by atoms with van der Waals surface area (Å²) in [5.74, 6) is 0.794. The third-order valence-corrected chi connectivity index (χ3v) is 2.75. The lowest BCUT2D eigenvalue weighted by molar-refractivity contribution is -0.00341. The number of carbonyl (C=O) groups excluding carboxylic acids is 1. The molecule has 16 heavy (non-hydrogen) atoms. The molecule has 1 N–H and O–H groups in total. The highest BCUT2D eigenvalue weighted by Gasteiger charge is 2.28. The average molecular weight is 224 g/mol. The molecule has 2 heterocycles. The third kappa shape index (κ3) is 2.06. The number of aromatic nitrogens is 3. The molecular formula is C10H16N4O2. The SMILES string of the molecule is CCC1COCCN1C(=O)c1n[nH]c(C)n1. The lowest BCUT2D eigenvalue weighted by Gasteiger charge is -2.34. The molecule has 88 valence electrons. The Morgan fingerprint density at radius 1 is 1.69 bits per heavy atom. The van der Waals surface area contributed by atoms with Crippen LogP contribution in [0.3, 0.4) is 0 Å². The number of aromatic amines is 1. The number of H-pyrrole nitrogens is 1. The van der Waals surface area contributed by atoms with Crippen LogP contribution in [0.1, 0.15) is 29.8 Å². The fourth-order valence-corrected chi connectivity index (χ4v) is 1.83. The molecule has 1 saturated heterocycles. The molecule has 1 fully saturated rings. The number of morpholine rings is 1. The van der Waals surface area contributed by atoms with E-state index in [-0.39, 0.29) is 17.8 Å². The van der Waals surface area contributed by atoms with E-state index in [4.69, 9.17) is 4.74 Å². The Morgan fingerprint density at radius 3 is 3.12 bits per heavy atom. The summed E-state index contributed by atoms with van der Waals surface area (Å²) in [5, 5.41) is 6.57. The van der Waals surface area contributed by atoms with Crippen molar-refractivity contribution in [1.29, 1.82) is 0 Å². The Labute approximate surface area is 94.0 Å². The van der Waals surface area contributed by atoms with Crippen molar-refractivity contribution >= 4 is 5.91 Å². The predicted molar refractivity (Wildman–Crippen MR) is 57.1 cm³/mol. The van der Waals surface area contributed by atoms with Gasteiger partial charge in [-0.1, -0.05) is 6.92 Å². The quantitative estimate of drug-likeness (QED) is 0.787. The number of nitrogens with one attached hydrogen (secondary N) is 1. The van der Waals surface area contributed by atoms with Crippen LogP contribution in [0, 0.1) is 6.92 Å². The van der Waals surface area contributed by atoms with Crippen LogP contribution in [0.25, 0.3) is 0 Å². The lowest BCUT2D eigenvalue weighted by atomic mass is 10.1. The average Bonchev–Trinajstić information content (AvgIpc) is 2.75. The van der Waals surface area contributed by atoms with Crippen LogP contribution >= 0.6 is 0 Å². The van der Waals surface area contributed by atoms with Crippen molar-refractivity contribution in [3.63, 3.8) is 0 Å². The van der Waals surface area contributed by atoms with E-state index in [2.05, 4.69) is 15.2 Å². The van der Waals surface area contributed by atoms with Crippen molar-refractivity contribution < 1.29 is 9.53 Å². The van der Waals surface area contributed by atoms with E-state index in [9.17, 15) is 4.79 Å². The molecule has 2 rings (SSSR count). The number of amides is 1. The van der Waals surface area contributed by atoms with Crippen molar-refractivity contribution in [2.45, 2.75) is 26.3 Å². The largest absolute Gasteiger partial charge is 0.377 e. The van der Waals surface area contributed by atoms with Gasteiger partial charge in [0.15, 0.2) is 0 Å². The van der Waals surface area contributed by atoms with Gasteiger partial charge < -0.3 is 9.64 Å². The molecule has 6 heteroatoms. The molecule has 1 aromatic heterocycles. The van der Waals surface area contributed by atoms with Gasteiger partial charge in [0.25, 0.3) is 5.91 Å². The Bertz CT molecular complexity index is 377. The fraction of sp³-hybridized carbons (Fsp3) is 0.700. The smallest absolute Gasteiger partial charge is 0.293 e. The third-order valence-electron chi connectivity index (χ3n) is 2.75. The van der Waals surface area contributed by atoms with Gasteiger partial charge in [0.2, 0.25) is 5.82 Å². The Hall–Kier alpha value is -1.43. The highest BCUT2D eigenvalue weighted by molar-refractivity contribution is 5.90. The standard InChI is InChI=1S/C10H16N4O2/c1-3-8-6-16-5-4-14(8)10(15)9-11-7(2)12-13-9/h8H,3-6H2,1-2H3,(H,11,12,13). The molecule has 0 saturated carbocycles. The number of hydrogen-bond donors (Lipinski definition) is 1. The minimum Gasteiger partial charge on any atom is -0.377 e. The molecule has 0 aliphatic carbocycles. The van der Waals surface area contributed by atoms with Gasteiger partial charge in [-0.15, -0.1) is 5.10 Å². The topological polar surface area (TPSA) is 71.1 Å².